The van der Waals surface area contributed by atoms with E-state index in [1.807, 2.05) is 24.3 Å². The molecule has 0 saturated carbocycles. The van der Waals surface area contributed by atoms with Crippen molar-refractivity contribution in [3.8, 4) is 0 Å². The number of hydrogen-bond acceptors (Lipinski definition) is 3. The topological polar surface area (TPSA) is 53.7 Å². The molecule has 0 spiro atoms. The third-order valence-electron chi connectivity index (χ3n) is 4.31. The summed E-state index contributed by atoms with van der Waals surface area (Å²) in [6.45, 7) is 1.36. The van der Waals surface area contributed by atoms with Crippen LogP contribution in [-0.4, -0.2) is 29.1 Å². The first-order valence-electron chi connectivity index (χ1n) is 7.51. The molecule has 1 aromatic heterocycles. The smallest absolute Gasteiger partial charge is 0.306 e. The number of benzene rings is 1. The standard InChI is InChI=1S/C17H17Cl2NO3/c18-12-3-4-13(14(19)10-12)16(15-2-1-9-23-15)20-7-5-11(6-8-20)17(21)22/h1-4,9-11,16H,5-8H2,(H,21,22). The summed E-state index contributed by atoms with van der Waals surface area (Å²) in [7, 11) is 0. The second-order valence-electron chi connectivity index (χ2n) is 5.73. The zero-order chi connectivity index (χ0) is 16.4. The highest BCUT2D eigenvalue weighted by molar-refractivity contribution is 6.35. The van der Waals surface area contributed by atoms with Gasteiger partial charge in [-0.2, -0.15) is 0 Å². The fourth-order valence-corrected chi connectivity index (χ4v) is 3.62. The maximum atomic E-state index is 11.1. The summed E-state index contributed by atoms with van der Waals surface area (Å²) in [5.74, 6) is -0.198. The molecule has 2 aromatic rings. The number of furan rings is 1. The number of carboxylic acids is 1. The molecule has 4 nitrogen and oxygen atoms in total. The first-order valence-corrected chi connectivity index (χ1v) is 8.27. The highest BCUT2D eigenvalue weighted by atomic mass is 35.5. The number of carboxylic acid groups (broad SMARTS) is 1. The first kappa shape index (κ1) is 16.4. The van der Waals surface area contributed by atoms with Crippen LogP contribution in [-0.2, 0) is 4.79 Å². The van der Waals surface area contributed by atoms with Crippen LogP contribution >= 0.6 is 23.2 Å². The summed E-state index contributed by atoms with van der Waals surface area (Å²) >= 11 is 12.4. The summed E-state index contributed by atoms with van der Waals surface area (Å²) in [6.07, 6.45) is 2.88. The highest BCUT2D eigenvalue weighted by Gasteiger charge is 2.32. The van der Waals surface area contributed by atoms with Crippen molar-refractivity contribution in [1.29, 1.82) is 0 Å². The number of rotatable bonds is 4. The lowest BCUT2D eigenvalue weighted by Gasteiger charge is -2.36. The summed E-state index contributed by atoms with van der Waals surface area (Å²) in [5, 5.41) is 10.3. The quantitative estimate of drug-likeness (QED) is 0.880. The Bertz CT molecular complexity index is 679. The van der Waals surface area contributed by atoms with E-state index in [1.165, 1.54) is 0 Å². The van der Waals surface area contributed by atoms with Crippen LogP contribution in [0.15, 0.2) is 41.0 Å². The van der Waals surface area contributed by atoms with Crippen LogP contribution in [0, 0.1) is 5.92 Å². The zero-order valence-corrected chi connectivity index (χ0v) is 13.9. The van der Waals surface area contributed by atoms with E-state index >= 15 is 0 Å². The number of nitrogens with zero attached hydrogens (tertiary/aromatic N) is 1. The van der Waals surface area contributed by atoms with Crippen LogP contribution in [0.5, 0.6) is 0 Å². The lowest BCUT2D eigenvalue weighted by Crippen LogP contribution is -2.39. The van der Waals surface area contributed by atoms with Crippen LogP contribution in [0.2, 0.25) is 10.0 Å². The van der Waals surface area contributed by atoms with Crippen molar-refractivity contribution in [2.24, 2.45) is 5.92 Å². The maximum absolute atomic E-state index is 11.1. The van der Waals surface area contributed by atoms with Crippen molar-refractivity contribution >= 4 is 29.2 Å². The highest BCUT2D eigenvalue weighted by Crippen LogP contribution is 2.37. The van der Waals surface area contributed by atoms with Crippen molar-refractivity contribution < 1.29 is 14.3 Å². The average Bonchev–Trinajstić information content (AvgIpc) is 3.04. The number of piperidine rings is 1. The van der Waals surface area contributed by atoms with Gasteiger partial charge in [-0.05, 0) is 55.8 Å². The van der Waals surface area contributed by atoms with Gasteiger partial charge < -0.3 is 9.52 Å². The minimum absolute atomic E-state index is 0.135. The van der Waals surface area contributed by atoms with Crippen LogP contribution < -0.4 is 0 Å². The largest absolute Gasteiger partial charge is 0.481 e. The molecule has 1 atom stereocenters. The second-order valence-corrected chi connectivity index (χ2v) is 6.58. The molecule has 1 saturated heterocycles. The third kappa shape index (κ3) is 3.55. The van der Waals surface area contributed by atoms with Crippen LogP contribution in [0.25, 0.3) is 0 Å². The third-order valence-corrected chi connectivity index (χ3v) is 4.88. The van der Waals surface area contributed by atoms with Crippen LogP contribution in [0.3, 0.4) is 0 Å². The Morgan fingerprint density at radius 2 is 2.00 bits per heavy atom. The first-order chi connectivity index (χ1) is 11.1. The van der Waals surface area contributed by atoms with Gasteiger partial charge in [0.25, 0.3) is 0 Å². The number of hydrogen-bond donors (Lipinski definition) is 1. The average molecular weight is 354 g/mol. The molecule has 0 amide bonds. The zero-order valence-electron chi connectivity index (χ0n) is 12.4. The van der Waals surface area contributed by atoms with E-state index < -0.39 is 5.97 Å². The Balaban J connectivity index is 1.90. The van der Waals surface area contributed by atoms with Crippen molar-refractivity contribution in [3.05, 3.63) is 58.0 Å². The monoisotopic (exact) mass is 353 g/mol. The fourth-order valence-electron chi connectivity index (χ4n) is 3.10. The fraction of sp³-hybridized carbons (Fsp3) is 0.353. The van der Waals surface area contributed by atoms with Crippen molar-refractivity contribution in [3.63, 3.8) is 0 Å². The maximum Gasteiger partial charge on any atom is 0.306 e. The number of carbonyl (C=O) groups is 1. The van der Waals surface area contributed by atoms with Gasteiger partial charge in [-0.1, -0.05) is 29.3 Å². The Morgan fingerprint density at radius 1 is 1.26 bits per heavy atom. The predicted octanol–water partition coefficient (Wildman–Crippen LogP) is 4.47. The lowest BCUT2D eigenvalue weighted by atomic mass is 9.93. The Kier molecular flexibility index (Phi) is 4.95. The molecule has 1 aromatic carbocycles. The van der Waals surface area contributed by atoms with Gasteiger partial charge in [0.1, 0.15) is 5.76 Å². The molecule has 3 rings (SSSR count). The van der Waals surface area contributed by atoms with E-state index in [0.717, 1.165) is 11.3 Å². The number of likely N-dealkylation sites (tertiary alicyclic amines) is 1. The molecule has 0 bridgehead atoms. The van der Waals surface area contributed by atoms with E-state index in [2.05, 4.69) is 4.90 Å². The molecular formula is C17H17Cl2NO3. The van der Waals surface area contributed by atoms with E-state index in [4.69, 9.17) is 32.7 Å². The molecule has 1 aliphatic rings. The van der Waals surface area contributed by atoms with E-state index in [9.17, 15) is 4.79 Å². The van der Waals surface area contributed by atoms with Crippen LogP contribution in [0.4, 0.5) is 0 Å². The molecule has 122 valence electrons. The van der Waals surface area contributed by atoms with Gasteiger partial charge in [0.2, 0.25) is 0 Å². The predicted molar refractivity (Wildman–Crippen MR) is 88.9 cm³/mol. The number of aliphatic carboxylic acids is 1. The minimum atomic E-state index is -0.719. The van der Waals surface area contributed by atoms with Crippen molar-refractivity contribution in [2.75, 3.05) is 13.1 Å². The molecule has 1 N–H and O–H groups in total. The molecule has 1 aliphatic heterocycles. The Labute approximate surface area is 144 Å². The number of halogens is 2. The molecule has 23 heavy (non-hydrogen) atoms. The summed E-state index contributed by atoms with van der Waals surface area (Å²) in [4.78, 5) is 13.4. The second kappa shape index (κ2) is 6.95. The Hall–Kier alpha value is -1.49. The molecule has 2 heterocycles. The molecule has 6 heteroatoms. The molecule has 1 fully saturated rings. The van der Waals surface area contributed by atoms with Crippen molar-refractivity contribution in [2.45, 2.75) is 18.9 Å². The van der Waals surface area contributed by atoms with Crippen molar-refractivity contribution in [1.82, 2.24) is 4.90 Å². The SMILES string of the molecule is O=C(O)C1CCN(C(c2ccco2)c2ccc(Cl)cc2Cl)CC1. The molecule has 0 aliphatic carbocycles. The van der Waals surface area contributed by atoms with Gasteiger partial charge in [0.05, 0.1) is 18.2 Å². The van der Waals surface area contributed by atoms with Gasteiger partial charge in [-0.15, -0.1) is 0 Å². The van der Waals surface area contributed by atoms with E-state index in [1.54, 1.807) is 12.3 Å². The van der Waals surface area contributed by atoms with Gasteiger partial charge in [0, 0.05) is 10.0 Å². The van der Waals surface area contributed by atoms with E-state index in [0.29, 0.717) is 36.0 Å². The molecule has 1 unspecified atom stereocenters. The van der Waals surface area contributed by atoms with Crippen LogP contribution in [0.1, 0.15) is 30.2 Å². The Morgan fingerprint density at radius 3 is 2.57 bits per heavy atom. The van der Waals surface area contributed by atoms with E-state index in [-0.39, 0.29) is 12.0 Å². The normalized spacial score (nSPS) is 18.0. The van der Waals surface area contributed by atoms with Gasteiger partial charge in [-0.25, -0.2) is 0 Å². The molecule has 0 radical (unpaired) electrons. The minimum Gasteiger partial charge on any atom is -0.481 e. The summed E-state index contributed by atoms with van der Waals surface area (Å²) < 4.78 is 5.61. The van der Waals surface area contributed by atoms with Gasteiger partial charge >= 0.3 is 5.97 Å². The lowest BCUT2D eigenvalue weighted by molar-refractivity contribution is -0.143. The molecular weight excluding hydrogens is 337 g/mol. The summed E-state index contributed by atoms with van der Waals surface area (Å²) in [5.41, 5.74) is 0.916. The van der Waals surface area contributed by atoms with Gasteiger partial charge in [-0.3, -0.25) is 9.69 Å². The van der Waals surface area contributed by atoms with Gasteiger partial charge in [0.15, 0.2) is 0 Å². The summed E-state index contributed by atoms with van der Waals surface area (Å²) in [6, 6.07) is 9.06.